The maximum absolute atomic E-state index is 11.9. The molecule has 74 valence electrons. The van der Waals surface area contributed by atoms with Crippen LogP contribution < -0.4 is 5.32 Å². The lowest BCUT2D eigenvalue weighted by atomic mass is 9.97. The molecule has 0 aliphatic carbocycles. The first kappa shape index (κ1) is 9.00. The van der Waals surface area contributed by atoms with Crippen molar-refractivity contribution >= 4 is 5.91 Å². The third-order valence-corrected chi connectivity index (χ3v) is 3.22. The maximum atomic E-state index is 11.9. The highest BCUT2D eigenvalue weighted by Crippen LogP contribution is 2.19. The lowest BCUT2D eigenvalue weighted by Crippen LogP contribution is -2.54. The van der Waals surface area contributed by atoms with Gasteiger partial charge >= 0.3 is 0 Å². The number of carbonyl (C=O) groups is 1. The molecule has 0 aromatic carbocycles. The first-order valence-electron chi connectivity index (χ1n) is 5.30. The SMILES string of the molecule is C[C@H]1CCCCN1C(=O)C1CNC1. The Morgan fingerprint density at radius 2 is 2.15 bits per heavy atom. The summed E-state index contributed by atoms with van der Waals surface area (Å²) >= 11 is 0. The maximum Gasteiger partial charge on any atom is 0.228 e. The van der Waals surface area contributed by atoms with Gasteiger partial charge in [-0.2, -0.15) is 0 Å². The molecule has 2 fully saturated rings. The number of amides is 1. The number of nitrogens with zero attached hydrogens (tertiary/aromatic N) is 1. The van der Waals surface area contributed by atoms with Crippen molar-refractivity contribution in [2.45, 2.75) is 32.2 Å². The molecule has 2 aliphatic rings. The second-order valence-corrected chi connectivity index (χ2v) is 4.23. The molecule has 0 aromatic rings. The van der Waals surface area contributed by atoms with E-state index in [0.717, 1.165) is 19.6 Å². The number of piperidine rings is 1. The van der Waals surface area contributed by atoms with E-state index in [-0.39, 0.29) is 5.92 Å². The lowest BCUT2D eigenvalue weighted by molar-refractivity contribution is -0.140. The van der Waals surface area contributed by atoms with Crippen molar-refractivity contribution in [1.29, 1.82) is 0 Å². The summed E-state index contributed by atoms with van der Waals surface area (Å²) in [5.41, 5.74) is 0. The highest BCUT2D eigenvalue weighted by molar-refractivity contribution is 5.80. The summed E-state index contributed by atoms with van der Waals surface area (Å²) < 4.78 is 0. The van der Waals surface area contributed by atoms with E-state index in [1.807, 2.05) is 0 Å². The van der Waals surface area contributed by atoms with E-state index in [4.69, 9.17) is 0 Å². The van der Waals surface area contributed by atoms with Gasteiger partial charge in [0.1, 0.15) is 0 Å². The number of rotatable bonds is 1. The van der Waals surface area contributed by atoms with Gasteiger partial charge in [-0.25, -0.2) is 0 Å². The van der Waals surface area contributed by atoms with Crippen LogP contribution in [-0.4, -0.2) is 36.5 Å². The largest absolute Gasteiger partial charge is 0.340 e. The van der Waals surface area contributed by atoms with Gasteiger partial charge in [-0.15, -0.1) is 0 Å². The summed E-state index contributed by atoms with van der Waals surface area (Å²) in [7, 11) is 0. The van der Waals surface area contributed by atoms with Gasteiger partial charge in [-0.1, -0.05) is 0 Å². The van der Waals surface area contributed by atoms with Crippen LogP contribution in [0.2, 0.25) is 0 Å². The molecule has 0 radical (unpaired) electrons. The van der Waals surface area contributed by atoms with E-state index in [2.05, 4.69) is 17.1 Å². The van der Waals surface area contributed by atoms with Crippen molar-refractivity contribution < 1.29 is 4.79 Å². The minimum absolute atomic E-state index is 0.278. The van der Waals surface area contributed by atoms with Gasteiger partial charge in [-0.05, 0) is 26.2 Å². The zero-order valence-corrected chi connectivity index (χ0v) is 8.25. The van der Waals surface area contributed by atoms with Crippen LogP contribution in [0.1, 0.15) is 26.2 Å². The Morgan fingerprint density at radius 3 is 2.69 bits per heavy atom. The Balaban J connectivity index is 1.93. The average Bonchev–Trinajstić information content (AvgIpc) is 2.01. The van der Waals surface area contributed by atoms with Gasteiger partial charge in [0.25, 0.3) is 0 Å². The molecule has 0 saturated carbocycles. The summed E-state index contributed by atoms with van der Waals surface area (Å²) in [5.74, 6) is 0.659. The van der Waals surface area contributed by atoms with E-state index in [9.17, 15) is 4.79 Å². The van der Waals surface area contributed by atoms with Gasteiger partial charge in [0.2, 0.25) is 5.91 Å². The zero-order chi connectivity index (χ0) is 9.26. The fourth-order valence-electron chi connectivity index (χ4n) is 2.12. The Bertz CT molecular complexity index is 201. The molecule has 2 aliphatic heterocycles. The molecule has 1 N–H and O–H groups in total. The second-order valence-electron chi connectivity index (χ2n) is 4.23. The molecule has 0 aromatic heterocycles. The lowest BCUT2D eigenvalue weighted by Gasteiger charge is -2.38. The van der Waals surface area contributed by atoms with Crippen LogP contribution in [0.3, 0.4) is 0 Å². The Hall–Kier alpha value is -0.570. The van der Waals surface area contributed by atoms with E-state index in [0.29, 0.717) is 11.9 Å². The molecule has 2 heterocycles. The van der Waals surface area contributed by atoms with Crippen LogP contribution in [0, 0.1) is 5.92 Å². The minimum atomic E-state index is 0.278. The predicted octanol–water partition coefficient (Wildman–Crippen LogP) is 0.607. The van der Waals surface area contributed by atoms with Gasteiger partial charge < -0.3 is 10.2 Å². The first-order valence-corrected chi connectivity index (χ1v) is 5.30. The summed E-state index contributed by atoms with van der Waals surface area (Å²) in [5, 5.41) is 3.15. The first-order chi connectivity index (χ1) is 6.29. The topological polar surface area (TPSA) is 32.3 Å². The minimum Gasteiger partial charge on any atom is -0.340 e. The number of carbonyl (C=O) groups excluding carboxylic acids is 1. The van der Waals surface area contributed by atoms with Gasteiger partial charge in [0.15, 0.2) is 0 Å². The van der Waals surface area contributed by atoms with Crippen molar-refractivity contribution in [3.05, 3.63) is 0 Å². The standard InChI is InChI=1S/C10H18N2O/c1-8-4-2-3-5-12(8)10(13)9-6-11-7-9/h8-9,11H,2-7H2,1H3/t8-/m0/s1. The van der Waals surface area contributed by atoms with Crippen LogP contribution in [0.4, 0.5) is 0 Å². The molecule has 3 nitrogen and oxygen atoms in total. The van der Waals surface area contributed by atoms with E-state index >= 15 is 0 Å². The number of hydrogen-bond acceptors (Lipinski definition) is 2. The fourth-order valence-corrected chi connectivity index (χ4v) is 2.12. The summed E-state index contributed by atoms with van der Waals surface area (Å²) in [6, 6.07) is 0.474. The average molecular weight is 182 g/mol. The van der Waals surface area contributed by atoms with Crippen LogP contribution in [0.5, 0.6) is 0 Å². The molecule has 2 saturated heterocycles. The summed E-state index contributed by atoms with van der Waals surface area (Å²) in [6.45, 7) is 4.93. The molecule has 0 unspecified atom stereocenters. The van der Waals surface area contributed by atoms with Crippen molar-refractivity contribution in [2.24, 2.45) is 5.92 Å². The molecule has 2 rings (SSSR count). The molecule has 1 atom stereocenters. The third-order valence-electron chi connectivity index (χ3n) is 3.22. The summed E-state index contributed by atoms with van der Waals surface area (Å²) in [4.78, 5) is 14.0. The zero-order valence-electron chi connectivity index (χ0n) is 8.25. The van der Waals surface area contributed by atoms with Gasteiger partial charge in [0, 0.05) is 25.7 Å². The Kier molecular flexibility index (Phi) is 2.54. The van der Waals surface area contributed by atoms with Crippen molar-refractivity contribution in [3.63, 3.8) is 0 Å². The highest BCUT2D eigenvalue weighted by Gasteiger charge is 2.32. The fraction of sp³-hybridized carbons (Fsp3) is 0.900. The number of likely N-dealkylation sites (tertiary alicyclic amines) is 1. The quantitative estimate of drug-likeness (QED) is 0.644. The molecule has 3 heteroatoms. The molecule has 0 bridgehead atoms. The van der Waals surface area contributed by atoms with Crippen LogP contribution in [0.15, 0.2) is 0 Å². The number of hydrogen-bond donors (Lipinski definition) is 1. The molecular formula is C10H18N2O. The van der Waals surface area contributed by atoms with Crippen molar-refractivity contribution in [2.75, 3.05) is 19.6 Å². The normalized spacial score (nSPS) is 29.9. The molecule has 1 amide bonds. The van der Waals surface area contributed by atoms with E-state index in [1.54, 1.807) is 0 Å². The molecule has 0 spiro atoms. The van der Waals surface area contributed by atoms with Crippen molar-refractivity contribution in [3.8, 4) is 0 Å². The van der Waals surface area contributed by atoms with Crippen LogP contribution in [0.25, 0.3) is 0 Å². The molecule has 13 heavy (non-hydrogen) atoms. The highest BCUT2D eigenvalue weighted by atomic mass is 16.2. The van der Waals surface area contributed by atoms with Crippen LogP contribution >= 0.6 is 0 Å². The van der Waals surface area contributed by atoms with E-state index < -0.39 is 0 Å². The second kappa shape index (κ2) is 3.66. The van der Waals surface area contributed by atoms with E-state index in [1.165, 1.54) is 19.3 Å². The number of nitrogens with one attached hydrogen (secondary N) is 1. The Morgan fingerprint density at radius 1 is 1.38 bits per heavy atom. The predicted molar refractivity (Wildman–Crippen MR) is 51.4 cm³/mol. The van der Waals surface area contributed by atoms with Crippen LogP contribution in [-0.2, 0) is 4.79 Å². The van der Waals surface area contributed by atoms with Gasteiger partial charge in [0.05, 0.1) is 5.92 Å². The Labute approximate surface area is 79.5 Å². The monoisotopic (exact) mass is 182 g/mol. The third kappa shape index (κ3) is 1.70. The summed E-state index contributed by atoms with van der Waals surface area (Å²) in [6.07, 6.45) is 3.66. The smallest absolute Gasteiger partial charge is 0.228 e. The van der Waals surface area contributed by atoms with Crippen molar-refractivity contribution in [1.82, 2.24) is 10.2 Å². The van der Waals surface area contributed by atoms with Gasteiger partial charge in [-0.3, -0.25) is 4.79 Å². The molecular weight excluding hydrogens is 164 g/mol.